The first kappa shape index (κ1) is 22.5. The minimum absolute atomic E-state index is 0.245. The summed E-state index contributed by atoms with van der Waals surface area (Å²) < 4.78 is 16.5. The lowest BCUT2D eigenvalue weighted by Crippen LogP contribution is -2.47. The SMILES string of the molecule is COc1ccc(OC)c2[nH]c(=O)c(CCNC(=O)C(C)(C)Oc3ccc(Cl)cc3)cc12. The number of aromatic amines is 1. The normalized spacial score (nSPS) is 11.3. The number of hydrogen-bond acceptors (Lipinski definition) is 5. The molecule has 8 heteroatoms. The van der Waals surface area contributed by atoms with E-state index >= 15 is 0 Å². The summed E-state index contributed by atoms with van der Waals surface area (Å²) >= 11 is 5.88. The number of halogens is 1. The van der Waals surface area contributed by atoms with Gasteiger partial charge in [-0.3, -0.25) is 9.59 Å². The van der Waals surface area contributed by atoms with Gasteiger partial charge >= 0.3 is 0 Å². The molecule has 0 atom stereocenters. The van der Waals surface area contributed by atoms with E-state index in [0.717, 1.165) is 5.39 Å². The Kier molecular flexibility index (Phi) is 6.75. The third kappa shape index (κ3) is 5.11. The Hall–Kier alpha value is -3.19. The Bertz CT molecular complexity index is 1140. The fourth-order valence-electron chi connectivity index (χ4n) is 3.19. The number of rotatable bonds is 8. The summed E-state index contributed by atoms with van der Waals surface area (Å²) in [4.78, 5) is 28.0. The summed E-state index contributed by atoms with van der Waals surface area (Å²) in [5.41, 5.74) is -0.252. The second kappa shape index (κ2) is 9.31. The predicted octanol–water partition coefficient (Wildman–Crippen LogP) is 3.72. The second-order valence-corrected chi connectivity index (χ2v) is 7.89. The number of aromatic nitrogens is 1. The maximum absolute atomic E-state index is 12.6. The topological polar surface area (TPSA) is 89.7 Å². The minimum atomic E-state index is -1.10. The van der Waals surface area contributed by atoms with Crippen LogP contribution in [0.2, 0.25) is 5.02 Å². The van der Waals surface area contributed by atoms with E-state index in [1.807, 2.05) is 0 Å². The number of ether oxygens (including phenoxy) is 3. The molecule has 0 spiro atoms. The van der Waals surface area contributed by atoms with Crippen LogP contribution >= 0.6 is 11.6 Å². The number of fused-ring (bicyclic) bond motifs is 1. The number of benzene rings is 2. The maximum Gasteiger partial charge on any atom is 0.263 e. The van der Waals surface area contributed by atoms with E-state index in [9.17, 15) is 9.59 Å². The van der Waals surface area contributed by atoms with E-state index in [1.54, 1.807) is 63.4 Å². The number of carbonyl (C=O) groups is 1. The van der Waals surface area contributed by atoms with Gasteiger partial charge in [-0.1, -0.05) is 11.6 Å². The molecule has 0 unspecified atom stereocenters. The Balaban J connectivity index is 1.70. The van der Waals surface area contributed by atoms with Crippen LogP contribution in [-0.4, -0.2) is 37.3 Å². The van der Waals surface area contributed by atoms with Gasteiger partial charge in [0.2, 0.25) is 0 Å². The highest BCUT2D eigenvalue weighted by molar-refractivity contribution is 6.30. The summed E-state index contributed by atoms with van der Waals surface area (Å²) in [6, 6.07) is 12.1. The average Bonchev–Trinajstić information content (AvgIpc) is 2.74. The van der Waals surface area contributed by atoms with Gasteiger partial charge in [-0.15, -0.1) is 0 Å². The molecule has 0 aliphatic carbocycles. The minimum Gasteiger partial charge on any atom is -0.496 e. The fourth-order valence-corrected chi connectivity index (χ4v) is 3.31. The molecule has 3 rings (SSSR count). The number of pyridine rings is 1. The third-order valence-corrected chi connectivity index (χ3v) is 5.12. The zero-order valence-corrected chi connectivity index (χ0v) is 18.6. The van der Waals surface area contributed by atoms with Gasteiger partial charge in [-0.25, -0.2) is 0 Å². The number of H-pyrrole nitrogens is 1. The molecule has 31 heavy (non-hydrogen) atoms. The number of methoxy groups -OCH3 is 2. The number of nitrogens with one attached hydrogen (secondary N) is 2. The predicted molar refractivity (Wildman–Crippen MR) is 121 cm³/mol. The molecule has 1 heterocycles. The molecule has 0 aliphatic rings. The zero-order chi connectivity index (χ0) is 22.6. The Labute approximate surface area is 185 Å². The number of carbonyl (C=O) groups excluding carboxylic acids is 1. The summed E-state index contributed by atoms with van der Waals surface area (Å²) in [7, 11) is 3.10. The van der Waals surface area contributed by atoms with Crippen molar-refractivity contribution in [3.8, 4) is 17.2 Å². The molecule has 164 valence electrons. The lowest BCUT2D eigenvalue weighted by molar-refractivity contribution is -0.134. The van der Waals surface area contributed by atoms with E-state index in [4.69, 9.17) is 25.8 Å². The van der Waals surface area contributed by atoms with Gasteiger partial charge in [0, 0.05) is 22.5 Å². The van der Waals surface area contributed by atoms with Crippen LogP contribution in [0.4, 0.5) is 0 Å². The lowest BCUT2D eigenvalue weighted by Gasteiger charge is -2.25. The van der Waals surface area contributed by atoms with Gasteiger partial charge < -0.3 is 24.5 Å². The average molecular weight is 445 g/mol. The molecule has 7 nitrogen and oxygen atoms in total. The van der Waals surface area contributed by atoms with Crippen LogP contribution in [0, 0.1) is 0 Å². The third-order valence-electron chi connectivity index (χ3n) is 4.87. The number of hydrogen-bond donors (Lipinski definition) is 2. The molecule has 0 bridgehead atoms. The maximum atomic E-state index is 12.6. The molecule has 0 aliphatic heterocycles. The Morgan fingerprint density at radius 3 is 2.35 bits per heavy atom. The van der Waals surface area contributed by atoms with Gasteiger partial charge in [-0.2, -0.15) is 0 Å². The van der Waals surface area contributed by atoms with Gasteiger partial charge in [0.1, 0.15) is 17.2 Å². The molecule has 0 fully saturated rings. The molecule has 2 N–H and O–H groups in total. The van der Waals surface area contributed by atoms with Crippen molar-refractivity contribution in [3.63, 3.8) is 0 Å². The standard InChI is InChI=1S/C23H25ClN2O5/c1-23(2,31-16-7-5-15(24)6-8-16)22(28)25-12-11-14-13-17-18(29-3)9-10-19(30-4)20(17)26-21(14)27/h5-10,13H,11-12H2,1-4H3,(H,25,28)(H,26,27). The van der Waals surface area contributed by atoms with Crippen molar-refractivity contribution in [1.82, 2.24) is 10.3 Å². The van der Waals surface area contributed by atoms with E-state index in [0.29, 0.717) is 39.8 Å². The van der Waals surface area contributed by atoms with Crippen molar-refractivity contribution < 1.29 is 19.0 Å². The van der Waals surface area contributed by atoms with Gasteiger partial charge in [0.05, 0.1) is 19.7 Å². The van der Waals surface area contributed by atoms with Gasteiger partial charge in [0.25, 0.3) is 11.5 Å². The van der Waals surface area contributed by atoms with Crippen molar-refractivity contribution in [3.05, 3.63) is 63.4 Å². The van der Waals surface area contributed by atoms with Crippen LogP contribution in [0.15, 0.2) is 47.3 Å². The largest absolute Gasteiger partial charge is 0.496 e. The molecule has 0 saturated carbocycles. The Morgan fingerprint density at radius 1 is 1.06 bits per heavy atom. The molecule has 0 saturated heterocycles. The smallest absolute Gasteiger partial charge is 0.263 e. The van der Waals surface area contributed by atoms with Crippen molar-refractivity contribution in [1.29, 1.82) is 0 Å². The van der Waals surface area contributed by atoms with Crippen LogP contribution in [-0.2, 0) is 11.2 Å². The van der Waals surface area contributed by atoms with Crippen LogP contribution in [0.25, 0.3) is 10.9 Å². The van der Waals surface area contributed by atoms with E-state index in [1.165, 1.54) is 7.11 Å². The summed E-state index contributed by atoms with van der Waals surface area (Å²) in [6.07, 6.45) is 0.342. The lowest BCUT2D eigenvalue weighted by atomic mass is 10.1. The van der Waals surface area contributed by atoms with E-state index in [-0.39, 0.29) is 18.0 Å². The summed E-state index contributed by atoms with van der Waals surface area (Å²) in [5.74, 6) is 1.42. The van der Waals surface area contributed by atoms with E-state index < -0.39 is 5.60 Å². The van der Waals surface area contributed by atoms with Crippen LogP contribution < -0.4 is 25.1 Å². The highest BCUT2D eigenvalue weighted by atomic mass is 35.5. The fraction of sp³-hybridized carbons (Fsp3) is 0.304. The van der Waals surface area contributed by atoms with Crippen molar-refractivity contribution >= 4 is 28.4 Å². The monoisotopic (exact) mass is 444 g/mol. The molecule has 1 amide bonds. The van der Waals surface area contributed by atoms with E-state index in [2.05, 4.69) is 10.3 Å². The molecule has 0 radical (unpaired) electrons. The van der Waals surface area contributed by atoms with Crippen LogP contribution in [0.5, 0.6) is 17.2 Å². The van der Waals surface area contributed by atoms with Crippen LogP contribution in [0.1, 0.15) is 19.4 Å². The zero-order valence-electron chi connectivity index (χ0n) is 17.9. The number of amides is 1. The van der Waals surface area contributed by atoms with Crippen molar-refractivity contribution in [2.45, 2.75) is 25.9 Å². The molecule has 3 aromatic rings. The first-order valence-corrected chi connectivity index (χ1v) is 10.1. The second-order valence-electron chi connectivity index (χ2n) is 7.45. The first-order chi connectivity index (χ1) is 14.7. The van der Waals surface area contributed by atoms with Gasteiger partial charge in [-0.05, 0) is 62.7 Å². The summed E-state index contributed by atoms with van der Waals surface area (Å²) in [6.45, 7) is 3.63. The van der Waals surface area contributed by atoms with Gasteiger partial charge in [0.15, 0.2) is 5.60 Å². The molecule has 1 aromatic heterocycles. The molecule has 2 aromatic carbocycles. The Morgan fingerprint density at radius 2 is 1.71 bits per heavy atom. The highest BCUT2D eigenvalue weighted by Crippen LogP contribution is 2.31. The van der Waals surface area contributed by atoms with Crippen LogP contribution in [0.3, 0.4) is 0 Å². The van der Waals surface area contributed by atoms with Crippen molar-refractivity contribution in [2.75, 3.05) is 20.8 Å². The molecular formula is C23H25ClN2O5. The first-order valence-electron chi connectivity index (χ1n) is 9.75. The summed E-state index contributed by atoms with van der Waals surface area (Å²) in [5, 5.41) is 4.15. The molecular weight excluding hydrogens is 420 g/mol. The van der Waals surface area contributed by atoms with Crippen molar-refractivity contribution in [2.24, 2.45) is 0 Å². The highest BCUT2D eigenvalue weighted by Gasteiger charge is 2.29. The quantitative estimate of drug-likeness (QED) is 0.552.